The van der Waals surface area contributed by atoms with Gasteiger partial charge in [0, 0.05) is 0 Å². The van der Waals surface area contributed by atoms with Crippen molar-refractivity contribution in [3.05, 3.63) is 0 Å². The van der Waals surface area contributed by atoms with Crippen molar-refractivity contribution >= 4 is 59.0 Å². The third-order valence-electron chi connectivity index (χ3n) is 4.73. The van der Waals surface area contributed by atoms with E-state index in [1.807, 2.05) is 32.6 Å². The zero-order valence-corrected chi connectivity index (χ0v) is 22.0. The molecule has 6 N–H and O–H groups in total. The van der Waals surface area contributed by atoms with Crippen LogP contribution in [0, 0.1) is 5.92 Å². The van der Waals surface area contributed by atoms with Gasteiger partial charge in [0.25, 0.3) is 0 Å². The quantitative estimate of drug-likeness (QED) is 0.191. The Balaban J connectivity index is 5.37. The first kappa shape index (κ1) is 30.9. The number of carboxylic acid groups (broad SMARTS) is 1. The molecule has 9 nitrogen and oxygen atoms in total. The number of nitrogens with one attached hydrogen (secondary N) is 3. The Morgan fingerprint density at radius 2 is 1.06 bits per heavy atom. The Bertz CT molecular complexity index is 610. The lowest BCUT2D eigenvalue weighted by Crippen LogP contribution is -2.57. The maximum Gasteiger partial charge on any atom is 0.326 e. The van der Waals surface area contributed by atoms with Crippen LogP contribution in [-0.2, 0) is 19.2 Å². The zero-order valence-electron chi connectivity index (χ0n) is 19.5. The maximum absolute atomic E-state index is 13.0. The van der Waals surface area contributed by atoms with Crippen LogP contribution in [0.5, 0.6) is 0 Å². The van der Waals surface area contributed by atoms with Crippen LogP contribution in [0.25, 0.3) is 0 Å². The normalized spacial score (nSPS) is 14.8. The number of rotatable bonds is 17. The van der Waals surface area contributed by atoms with Gasteiger partial charge in [0.2, 0.25) is 17.7 Å². The second-order valence-electron chi connectivity index (χ2n) is 7.64. The minimum atomic E-state index is -1.12. The molecule has 4 atom stereocenters. The minimum absolute atomic E-state index is 0.0893. The molecular weight excluding hydrogens is 472 g/mol. The van der Waals surface area contributed by atoms with E-state index in [4.69, 9.17) is 5.73 Å². The van der Waals surface area contributed by atoms with Crippen molar-refractivity contribution in [3.63, 3.8) is 0 Å². The minimum Gasteiger partial charge on any atom is -0.480 e. The zero-order chi connectivity index (χ0) is 24.7. The van der Waals surface area contributed by atoms with Gasteiger partial charge in [-0.1, -0.05) is 13.8 Å². The number of carboxylic acids is 1. The van der Waals surface area contributed by atoms with E-state index in [-0.39, 0.29) is 12.3 Å². The highest BCUT2D eigenvalue weighted by molar-refractivity contribution is 7.98. The first-order valence-electron chi connectivity index (χ1n) is 10.4. The highest BCUT2D eigenvalue weighted by Gasteiger charge is 2.30. The third kappa shape index (κ3) is 12.2. The van der Waals surface area contributed by atoms with Crippen molar-refractivity contribution in [1.82, 2.24) is 16.0 Å². The monoisotopic (exact) mass is 510 g/mol. The summed E-state index contributed by atoms with van der Waals surface area (Å²) in [6.07, 6.45) is 6.63. The van der Waals surface area contributed by atoms with E-state index < -0.39 is 47.9 Å². The molecule has 186 valence electrons. The molecule has 0 bridgehead atoms. The van der Waals surface area contributed by atoms with Crippen molar-refractivity contribution < 1.29 is 24.3 Å². The Kier molecular flexibility index (Phi) is 16.8. The molecule has 0 aromatic carbocycles. The number of aliphatic carboxylic acids is 1. The summed E-state index contributed by atoms with van der Waals surface area (Å²) in [5.41, 5.74) is 5.90. The molecule has 0 aromatic rings. The number of carbonyl (C=O) groups is 4. The molecule has 4 unspecified atom stereocenters. The summed E-state index contributed by atoms with van der Waals surface area (Å²) in [4.78, 5) is 49.7. The molecule has 32 heavy (non-hydrogen) atoms. The van der Waals surface area contributed by atoms with E-state index in [1.165, 1.54) is 35.3 Å². The molecule has 12 heteroatoms. The van der Waals surface area contributed by atoms with Crippen LogP contribution < -0.4 is 21.7 Å². The van der Waals surface area contributed by atoms with Crippen LogP contribution in [0.3, 0.4) is 0 Å². The van der Waals surface area contributed by atoms with Gasteiger partial charge in [-0.25, -0.2) is 4.79 Å². The molecule has 0 heterocycles. The van der Waals surface area contributed by atoms with E-state index in [0.717, 1.165) is 0 Å². The summed E-state index contributed by atoms with van der Waals surface area (Å²) in [6, 6.07) is -3.52. The van der Waals surface area contributed by atoms with E-state index in [2.05, 4.69) is 16.0 Å². The second-order valence-corrected chi connectivity index (χ2v) is 10.6. The highest BCUT2D eigenvalue weighted by Crippen LogP contribution is 2.08. The number of hydrogen-bond acceptors (Lipinski definition) is 8. The van der Waals surface area contributed by atoms with Gasteiger partial charge in [0.05, 0.1) is 6.04 Å². The lowest BCUT2D eigenvalue weighted by molar-refractivity contribution is -0.142. The molecule has 0 aliphatic rings. The molecule has 0 rings (SSSR count). The van der Waals surface area contributed by atoms with Gasteiger partial charge in [-0.3, -0.25) is 14.4 Å². The van der Waals surface area contributed by atoms with E-state index >= 15 is 0 Å². The molecule has 0 spiro atoms. The molecule has 0 saturated carbocycles. The molecule has 0 fully saturated rings. The first-order valence-corrected chi connectivity index (χ1v) is 14.6. The van der Waals surface area contributed by atoms with Crippen molar-refractivity contribution in [2.75, 3.05) is 36.0 Å². The van der Waals surface area contributed by atoms with Gasteiger partial charge >= 0.3 is 5.97 Å². The van der Waals surface area contributed by atoms with Crippen LogP contribution in [0.1, 0.15) is 33.1 Å². The van der Waals surface area contributed by atoms with Gasteiger partial charge in [-0.15, -0.1) is 0 Å². The number of hydrogen-bond donors (Lipinski definition) is 5. The summed E-state index contributed by atoms with van der Waals surface area (Å²) >= 11 is 4.54. The summed E-state index contributed by atoms with van der Waals surface area (Å²) in [5.74, 6) is -0.848. The van der Waals surface area contributed by atoms with Crippen LogP contribution in [0.15, 0.2) is 0 Å². The average molecular weight is 511 g/mol. The van der Waals surface area contributed by atoms with E-state index in [1.54, 1.807) is 0 Å². The molecule has 0 aromatic heterocycles. The summed E-state index contributed by atoms with van der Waals surface area (Å²) in [5, 5.41) is 17.3. The van der Waals surface area contributed by atoms with Crippen LogP contribution in [0.4, 0.5) is 0 Å². The van der Waals surface area contributed by atoms with E-state index in [0.29, 0.717) is 30.1 Å². The fraction of sp³-hybridized carbons (Fsp3) is 0.800. The topological polar surface area (TPSA) is 151 Å². The van der Waals surface area contributed by atoms with Gasteiger partial charge in [-0.2, -0.15) is 35.3 Å². The number of nitrogens with two attached hydrogens (primary N) is 1. The highest BCUT2D eigenvalue weighted by atomic mass is 32.2. The lowest BCUT2D eigenvalue weighted by atomic mass is 10.0. The molecule has 0 aliphatic carbocycles. The molecule has 0 radical (unpaired) electrons. The largest absolute Gasteiger partial charge is 0.480 e. The predicted octanol–water partition coefficient (Wildman–Crippen LogP) is 0.768. The predicted molar refractivity (Wildman–Crippen MR) is 135 cm³/mol. The van der Waals surface area contributed by atoms with Crippen molar-refractivity contribution in [2.24, 2.45) is 11.7 Å². The van der Waals surface area contributed by atoms with Crippen molar-refractivity contribution in [3.8, 4) is 0 Å². The fourth-order valence-electron chi connectivity index (χ4n) is 2.62. The summed E-state index contributed by atoms with van der Waals surface area (Å²) < 4.78 is 0. The van der Waals surface area contributed by atoms with Gasteiger partial charge < -0.3 is 26.8 Å². The molecular formula is C20H38N4O5S3. The van der Waals surface area contributed by atoms with Gasteiger partial charge in [0.1, 0.15) is 18.1 Å². The number of thioether (sulfide) groups is 3. The number of amides is 3. The number of carbonyl (C=O) groups excluding carboxylic acids is 3. The SMILES string of the molecule is CSCCC(NC(=O)C(CCSC)NC(=O)C(CCSC)NC(=O)C(N)C(C)C)C(=O)O. The smallest absolute Gasteiger partial charge is 0.326 e. The lowest BCUT2D eigenvalue weighted by Gasteiger charge is -2.25. The van der Waals surface area contributed by atoms with Gasteiger partial charge in [-0.05, 0) is 61.2 Å². The standard InChI is InChI=1S/C20H38N4O5S3/c1-12(2)16(21)19(27)23-14(7-10-31-4)17(25)22-13(6-9-30-3)18(26)24-15(20(28)29)8-11-32-5/h12-16H,6-11,21H2,1-5H3,(H,22,25)(H,23,27)(H,24,26)(H,28,29). The Morgan fingerprint density at radius 3 is 1.41 bits per heavy atom. The summed E-state index contributed by atoms with van der Waals surface area (Å²) in [6.45, 7) is 3.64. The van der Waals surface area contributed by atoms with Crippen molar-refractivity contribution in [1.29, 1.82) is 0 Å². The maximum atomic E-state index is 13.0. The van der Waals surface area contributed by atoms with Gasteiger partial charge in [0.15, 0.2) is 0 Å². The Labute approximate surface area is 203 Å². The first-order chi connectivity index (χ1) is 15.1. The molecule has 3 amide bonds. The van der Waals surface area contributed by atoms with Crippen LogP contribution >= 0.6 is 35.3 Å². The summed E-state index contributed by atoms with van der Waals surface area (Å²) in [7, 11) is 0. The second kappa shape index (κ2) is 17.4. The average Bonchev–Trinajstić information content (AvgIpc) is 2.75. The molecule has 0 saturated heterocycles. The van der Waals surface area contributed by atoms with Crippen LogP contribution in [-0.4, -0.2) is 89.0 Å². The molecule has 0 aliphatic heterocycles. The van der Waals surface area contributed by atoms with Crippen molar-refractivity contribution in [2.45, 2.75) is 57.3 Å². The Morgan fingerprint density at radius 1 is 0.719 bits per heavy atom. The fourth-order valence-corrected chi connectivity index (χ4v) is 4.03. The third-order valence-corrected chi connectivity index (χ3v) is 6.67. The van der Waals surface area contributed by atoms with Crippen LogP contribution in [0.2, 0.25) is 0 Å². The van der Waals surface area contributed by atoms with E-state index in [9.17, 15) is 24.3 Å². The Hall–Kier alpha value is -1.11.